The molecular weight excluding hydrogens is 242 g/mol. The summed E-state index contributed by atoms with van der Waals surface area (Å²) < 4.78 is 5.94. The maximum absolute atomic E-state index is 5.99. The minimum Gasteiger partial charge on any atom is -0.371 e. The van der Waals surface area contributed by atoms with Gasteiger partial charge < -0.3 is 10.5 Å². The first kappa shape index (κ1) is 15.7. The number of ether oxygens (including phenoxy) is 1. The van der Waals surface area contributed by atoms with Crippen LogP contribution in [-0.2, 0) is 4.74 Å². The van der Waals surface area contributed by atoms with E-state index in [0.717, 1.165) is 13.0 Å². The summed E-state index contributed by atoms with van der Waals surface area (Å²) in [6, 6.07) is 4.23. The molecule has 0 fully saturated rings. The van der Waals surface area contributed by atoms with E-state index in [2.05, 4.69) is 24.4 Å². The molecular formula is C15H27NOS. The van der Waals surface area contributed by atoms with Crippen molar-refractivity contribution in [2.45, 2.75) is 64.5 Å². The molecule has 3 heteroatoms. The first-order valence-electron chi connectivity index (χ1n) is 7.16. The summed E-state index contributed by atoms with van der Waals surface area (Å²) in [6.07, 6.45) is 7.85. The summed E-state index contributed by atoms with van der Waals surface area (Å²) >= 11 is 1.73. The molecule has 0 aliphatic heterocycles. The van der Waals surface area contributed by atoms with Gasteiger partial charge in [0.2, 0.25) is 0 Å². The van der Waals surface area contributed by atoms with Gasteiger partial charge in [-0.05, 0) is 24.8 Å². The molecule has 1 heterocycles. The lowest BCUT2D eigenvalue weighted by Gasteiger charge is -2.20. The van der Waals surface area contributed by atoms with Gasteiger partial charge in [0.1, 0.15) is 6.10 Å². The van der Waals surface area contributed by atoms with Gasteiger partial charge in [-0.15, -0.1) is 11.3 Å². The molecule has 2 N–H and O–H groups in total. The standard InChI is InChI=1S/C15H27NOS/c1-3-4-5-6-7-8-11-17-15(13(2)16)14-10-9-12-18-14/h9-10,12-13,15H,3-8,11,16H2,1-2H3. The van der Waals surface area contributed by atoms with Crippen molar-refractivity contribution in [2.75, 3.05) is 6.61 Å². The molecule has 2 nitrogen and oxygen atoms in total. The summed E-state index contributed by atoms with van der Waals surface area (Å²) in [4.78, 5) is 1.25. The highest BCUT2D eigenvalue weighted by atomic mass is 32.1. The lowest BCUT2D eigenvalue weighted by molar-refractivity contribution is 0.0382. The normalized spacial score (nSPS) is 14.6. The van der Waals surface area contributed by atoms with Gasteiger partial charge in [-0.25, -0.2) is 0 Å². The van der Waals surface area contributed by atoms with Crippen LogP contribution in [0.15, 0.2) is 17.5 Å². The third-order valence-electron chi connectivity index (χ3n) is 3.10. The molecule has 0 amide bonds. The average Bonchev–Trinajstić information content (AvgIpc) is 2.85. The van der Waals surface area contributed by atoms with Gasteiger partial charge in [-0.1, -0.05) is 45.1 Å². The molecule has 2 atom stereocenters. The Bertz CT molecular complexity index is 285. The Labute approximate surface area is 116 Å². The number of nitrogens with two attached hydrogens (primary N) is 1. The molecule has 2 unspecified atom stereocenters. The highest BCUT2D eigenvalue weighted by Gasteiger charge is 2.17. The molecule has 0 spiro atoms. The predicted molar refractivity (Wildman–Crippen MR) is 80.0 cm³/mol. The Kier molecular flexibility index (Phi) is 8.31. The van der Waals surface area contributed by atoms with Crippen LogP contribution in [0.5, 0.6) is 0 Å². The van der Waals surface area contributed by atoms with Crippen LogP contribution in [0.25, 0.3) is 0 Å². The van der Waals surface area contributed by atoms with E-state index in [1.807, 2.05) is 6.92 Å². The Hall–Kier alpha value is -0.380. The van der Waals surface area contributed by atoms with Gasteiger partial charge in [0.25, 0.3) is 0 Å². The molecule has 0 aliphatic rings. The van der Waals surface area contributed by atoms with Crippen LogP contribution >= 0.6 is 11.3 Å². The first-order valence-corrected chi connectivity index (χ1v) is 8.04. The highest BCUT2D eigenvalue weighted by molar-refractivity contribution is 7.10. The molecule has 1 rings (SSSR count). The van der Waals surface area contributed by atoms with Crippen LogP contribution in [0.2, 0.25) is 0 Å². The topological polar surface area (TPSA) is 35.2 Å². The van der Waals surface area contributed by atoms with E-state index in [1.165, 1.54) is 37.0 Å². The van der Waals surface area contributed by atoms with Gasteiger partial charge in [-0.3, -0.25) is 0 Å². The molecule has 0 radical (unpaired) electrons. The van der Waals surface area contributed by atoms with Crippen molar-refractivity contribution in [1.29, 1.82) is 0 Å². The van der Waals surface area contributed by atoms with Crippen molar-refractivity contribution >= 4 is 11.3 Å². The van der Waals surface area contributed by atoms with Crippen molar-refractivity contribution < 1.29 is 4.74 Å². The van der Waals surface area contributed by atoms with Gasteiger partial charge in [0, 0.05) is 17.5 Å². The molecule has 0 bridgehead atoms. The Balaban J connectivity index is 2.15. The molecule has 0 aliphatic carbocycles. The van der Waals surface area contributed by atoms with E-state index in [9.17, 15) is 0 Å². The fraction of sp³-hybridized carbons (Fsp3) is 0.733. The monoisotopic (exact) mass is 269 g/mol. The van der Waals surface area contributed by atoms with E-state index >= 15 is 0 Å². The van der Waals surface area contributed by atoms with Crippen molar-refractivity contribution in [2.24, 2.45) is 5.73 Å². The average molecular weight is 269 g/mol. The van der Waals surface area contributed by atoms with Crippen molar-refractivity contribution in [3.8, 4) is 0 Å². The third-order valence-corrected chi connectivity index (χ3v) is 4.03. The third kappa shape index (κ3) is 5.98. The molecule has 1 aromatic heterocycles. The zero-order valence-corrected chi connectivity index (χ0v) is 12.5. The lowest BCUT2D eigenvalue weighted by atomic mass is 10.1. The van der Waals surface area contributed by atoms with Crippen molar-refractivity contribution in [3.63, 3.8) is 0 Å². The quantitative estimate of drug-likeness (QED) is 0.634. The lowest BCUT2D eigenvalue weighted by Crippen LogP contribution is -2.26. The molecule has 0 aromatic carbocycles. The van der Waals surface area contributed by atoms with E-state index in [0.29, 0.717) is 0 Å². The molecule has 18 heavy (non-hydrogen) atoms. The van der Waals surface area contributed by atoms with E-state index in [1.54, 1.807) is 11.3 Å². The predicted octanol–water partition coefficient (Wildman–Crippen LogP) is 4.51. The summed E-state index contributed by atoms with van der Waals surface area (Å²) in [5.74, 6) is 0. The zero-order valence-electron chi connectivity index (χ0n) is 11.7. The summed E-state index contributed by atoms with van der Waals surface area (Å²) in [5, 5.41) is 2.08. The number of hydrogen-bond donors (Lipinski definition) is 1. The van der Waals surface area contributed by atoms with Gasteiger partial charge >= 0.3 is 0 Å². The van der Waals surface area contributed by atoms with Gasteiger partial charge in [-0.2, -0.15) is 0 Å². The number of hydrogen-bond acceptors (Lipinski definition) is 3. The Morgan fingerprint density at radius 1 is 1.22 bits per heavy atom. The van der Waals surface area contributed by atoms with Gasteiger partial charge in [0.15, 0.2) is 0 Å². The number of rotatable bonds is 10. The summed E-state index contributed by atoms with van der Waals surface area (Å²) in [7, 11) is 0. The van der Waals surface area contributed by atoms with Crippen LogP contribution in [0.3, 0.4) is 0 Å². The van der Waals surface area contributed by atoms with E-state index < -0.39 is 0 Å². The van der Waals surface area contributed by atoms with Crippen LogP contribution in [0, 0.1) is 0 Å². The molecule has 104 valence electrons. The van der Waals surface area contributed by atoms with Crippen LogP contribution in [-0.4, -0.2) is 12.6 Å². The van der Waals surface area contributed by atoms with E-state index in [-0.39, 0.29) is 12.1 Å². The first-order chi connectivity index (χ1) is 8.75. The number of thiophene rings is 1. The van der Waals surface area contributed by atoms with Crippen molar-refractivity contribution in [3.05, 3.63) is 22.4 Å². The summed E-state index contributed by atoms with van der Waals surface area (Å²) in [6.45, 7) is 5.10. The van der Waals surface area contributed by atoms with Gasteiger partial charge in [0.05, 0.1) is 0 Å². The van der Waals surface area contributed by atoms with Crippen LogP contribution in [0.1, 0.15) is 63.4 Å². The minimum absolute atomic E-state index is 0.0590. The fourth-order valence-corrected chi connectivity index (χ4v) is 2.93. The minimum atomic E-state index is 0.0590. The van der Waals surface area contributed by atoms with Crippen molar-refractivity contribution in [1.82, 2.24) is 0 Å². The smallest absolute Gasteiger partial charge is 0.106 e. The second-order valence-electron chi connectivity index (χ2n) is 4.93. The maximum Gasteiger partial charge on any atom is 0.106 e. The Morgan fingerprint density at radius 2 is 1.94 bits per heavy atom. The maximum atomic E-state index is 5.99. The molecule has 0 saturated heterocycles. The summed E-state index contributed by atoms with van der Waals surface area (Å²) in [5.41, 5.74) is 5.99. The molecule has 0 saturated carbocycles. The molecule has 1 aromatic rings. The zero-order chi connectivity index (χ0) is 13.2. The van der Waals surface area contributed by atoms with Crippen LogP contribution < -0.4 is 5.73 Å². The second-order valence-corrected chi connectivity index (χ2v) is 5.91. The second kappa shape index (κ2) is 9.54. The Morgan fingerprint density at radius 3 is 2.56 bits per heavy atom. The fourth-order valence-electron chi connectivity index (χ4n) is 2.04. The van der Waals surface area contributed by atoms with E-state index in [4.69, 9.17) is 10.5 Å². The highest BCUT2D eigenvalue weighted by Crippen LogP contribution is 2.25. The van der Waals surface area contributed by atoms with Crippen LogP contribution in [0.4, 0.5) is 0 Å². The SMILES string of the molecule is CCCCCCCCOC(c1cccs1)C(C)N. The largest absolute Gasteiger partial charge is 0.371 e. The number of unbranched alkanes of at least 4 members (excludes halogenated alkanes) is 5.